The average molecular weight is 225 g/mol. The van der Waals surface area contributed by atoms with Gasteiger partial charge in [-0.05, 0) is 17.9 Å². The van der Waals surface area contributed by atoms with Gasteiger partial charge < -0.3 is 14.6 Å². The molecule has 0 saturated heterocycles. The van der Waals surface area contributed by atoms with Crippen LogP contribution in [0, 0.1) is 5.41 Å². The molecule has 1 aromatic rings. The van der Waals surface area contributed by atoms with Gasteiger partial charge in [0.15, 0.2) is 0 Å². The van der Waals surface area contributed by atoms with Crippen molar-refractivity contribution in [2.24, 2.45) is 5.41 Å². The standard InChI is InChI=1S/C12H19NO3/c1-12(2,8-14)7-9-10(15-3)5-6-13-11(9)16-4/h5-6,14H,7-8H2,1-4H3. The molecule has 0 atom stereocenters. The van der Waals surface area contributed by atoms with E-state index >= 15 is 0 Å². The number of ether oxygens (including phenoxy) is 2. The molecule has 0 saturated carbocycles. The molecule has 16 heavy (non-hydrogen) atoms. The van der Waals surface area contributed by atoms with Crippen molar-refractivity contribution in [3.05, 3.63) is 17.8 Å². The lowest BCUT2D eigenvalue weighted by Gasteiger charge is -2.23. The van der Waals surface area contributed by atoms with Crippen molar-refractivity contribution >= 4 is 0 Å². The minimum atomic E-state index is -0.219. The number of hydrogen-bond donors (Lipinski definition) is 1. The summed E-state index contributed by atoms with van der Waals surface area (Å²) in [5, 5.41) is 9.28. The molecule has 0 amide bonds. The van der Waals surface area contributed by atoms with Crippen LogP contribution in [0.4, 0.5) is 0 Å². The molecule has 0 aliphatic heterocycles. The van der Waals surface area contributed by atoms with E-state index in [2.05, 4.69) is 4.98 Å². The first kappa shape index (κ1) is 12.8. The van der Waals surface area contributed by atoms with Crippen molar-refractivity contribution in [1.82, 2.24) is 4.98 Å². The molecule has 0 fully saturated rings. The van der Waals surface area contributed by atoms with Gasteiger partial charge in [0.25, 0.3) is 0 Å². The highest BCUT2D eigenvalue weighted by atomic mass is 16.5. The third-order valence-corrected chi connectivity index (χ3v) is 2.47. The Morgan fingerprint density at radius 2 is 2.00 bits per heavy atom. The predicted octanol–water partition coefficient (Wildman–Crippen LogP) is 1.66. The van der Waals surface area contributed by atoms with E-state index in [1.54, 1.807) is 26.5 Å². The maximum atomic E-state index is 9.28. The maximum Gasteiger partial charge on any atom is 0.220 e. The number of hydrogen-bond acceptors (Lipinski definition) is 4. The summed E-state index contributed by atoms with van der Waals surface area (Å²) in [6.07, 6.45) is 2.30. The van der Waals surface area contributed by atoms with Gasteiger partial charge in [-0.25, -0.2) is 4.98 Å². The third-order valence-electron chi connectivity index (χ3n) is 2.47. The summed E-state index contributed by atoms with van der Waals surface area (Å²) in [7, 11) is 3.20. The molecule has 0 aromatic carbocycles. The first-order chi connectivity index (χ1) is 7.54. The first-order valence-electron chi connectivity index (χ1n) is 5.21. The minimum Gasteiger partial charge on any atom is -0.496 e. The summed E-state index contributed by atoms with van der Waals surface area (Å²) in [6.45, 7) is 4.08. The Hall–Kier alpha value is -1.29. The van der Waals surface area contributed by atoms with E-state index in [1.807, 2.05) is 13.8 Å². The largest absolute Gasteiger partial charge is 0.496 e. The fourth-order valence-corrected chi connectivity index (χ4v) is 1.52. The summed E-state index contributed by atoms with van der Waals surface area (Å²) in [4.78, 5) is 4.14. The van der Waals surface area contributed by atoms with Crippen LogP contribution in [0.5, 0.6) is 11.6 Å². The Morgan fingerprint density at radius 1 is 1.31 bits per heavy atom. The number of rotatable bonds is 5. The van der Waals surface area contributed by atoms with Gasteiger partial charge in [-0.3, -0.25) is 0 Å². The lowest BCUT2D eigenvalue weighted by Crippen LogP contribution is -2.20. The Labute approximate surface area is 96.2 Å². The fraction of sp³-hybridized carbons (Fsp3) is 0.583. The van der Waals surface area contributed by atoms with Gasteiger partial charge in [-0.15, -0.1) is 0 Å². The summed E-state index contributed by atoms with van der Waals surface area (Å²) in [6, 6.07) is 1.80. The zero-order chi connectivity index (χ0) is 12.2. The van der Waals surface area contributed by atoms with Gasteiger partial charge in [0.2, 0.25) is 5.88 Å². The Bertz CT molecular complexity index is 328. The van der Waals surface area contributed by atoms with E-state index in [9.17, 15) is 5.11 Å². The maximum absolute atomic E-state index is 9.28. The molecule has 1 aromatic heterocycles. The third kappa shape index (κ3) is 2.85. The van der Waals surface area contributed by atoms with Crippen molar-refractivity contribution < 1.29 is 14.6 Å². The van der Waals surface area contributed by atoms with Gasteiger partial charge >= 0.3 is 0 Å². The lowest BCUT2D eigenvalue weighted by molar-refractivity contribution is 0.157. The highest BCUT2D eigenvalue weighted by molar-refractivity contribution is 5.40. The van der Waals surface area contributed by atoms with Crippen LogP contribution in [0.25, 0.3) is 0 Å². The van der Waals surface area contributed by atoms with E-state index in [0.717, 1.165) is 11.3 Å². The molecule has 1 N–H and O–H groups in total. The predicted molar refractivity (Wildman–Crippen MR) is 61.9 cm³/mol. The number of aromatic nitrogens is 1. The molecule has 4 nitrogen and oxygen atoms in total. The SMILES string of the molecule is COc1ccnc(OC)c1CC(C)(C)CO. The van der Waals surface area contributed by atoms with Crippen molar-refractivity contribution in [3.8, 4) is 11.6 Å². The van der Waals surface area contributed by atoms with E-state index < -0.39 is 0 Å². The number of aliphatic hydroxyl groups excluding tert-OH is 1. The molecule has 0 radical (unpaired) electrons. The van der Waals surface area contributed by atoms with Crippen LogP contribution in [0.3, 0.4) is 0 Å². The van der Waals surface area contributed by atoms with E-state index in [0.29, 0.717) is 12.3 Å². The van der Waals surface area contributed by atoms with E-state index in [4.69, 9.17) is 9.47 Å². The van der Waals surface area contributed by atoms with Gasteiger partial charge in [0.05, 0.1) is 19.8 Å². The first-order valence-corrected chi connectivity index (χ1v) is 5.21. The van der Waals surface area contributed by atoms with Crippen LogP contribution >= 0.6 is 0 Å². The van der Waals surface area contributed by atoms with Crippen molar-refractivity contribution in [2.75, 3.05) is 20.8 Å². The monoisotopic (exact) mass is 225 g/mol. The molecular formula is C12H19NO3. The number of aliphatic hydroxyl groups is 1. The number of pyridine rings is 1. The zero-order valence-electron chi connectivity index (χ0n) is 10.3. The second-order valence-corrected chi connectivity index (χ2v) is 4.50. The van der Waals surface area contributed by atoms with Crippen LogP contribution < -0.4 is 9.47 Å². The second-order valence-electron chi connectivity index (χ2n) is 4.50. The van der Waals surface area contributed by atoms with E-state index in [1.165, 1.54) is 0 Å². The molecule has 0 aliphatic carbocycles. The van der Waals surface area contributed by atoms with Crippen LogP contribution in [-0.2, 0) is 6.42 Å². The van der Waals surface area contributed by atoms with Crippen molar-refractivity contribution in [1.29, 1.82) is 0 Å². The van der Waals surface area contributed by atoms with Crippen molar-refractivity contribution in [2.45, 2.75) is 20.3 Å². The molecule has 90 valence electrons. The summed E-state index contributed by atoms with van der Waals surface area (Å²) in [5.74, 6) is 1.30. The number of nitrogens with zero attached hydrogens (tertiary/aromatic N) is 1. The quantitative estimate of drug-likeness (QED) is 0.828. The molecule has 0 aliphatic rings. The van der Waals surface area contributed by atoms with E-state index in [-0.39, 0.29) is 12.0 Å². The summed E-state index contributed by atoms with van der Waals surface area (Å²) in [5.41, 5.74) is 0.676. The minimum absolute atomic E-state index is 0.105. The summed E-state index contributed by atoms with van der Waals surface area (Å²) >= 11 is 0. The molecule has 1 rings (SSSR count). The second kappa shape index (κ2) is 5.16. The van der Waals surface area contributed by atoms with Gasteiger partial charge in [-0.2, -0.15) is 0 Å². The molecule has 0 unspecified atom stereocenters. The normalized spacial score (nSPS) is 11.3. The van der Waals surface area contributed by atoms with Crippen LogP contribution in [0.15, 0.2) is 12.3 Å². The highest BCUT2D eigenvalue weighted by Crippen LogP contribution is 2.32. The lowest BCUT2D eigenvalue weighted by atomic mass is 9.87. The Morgan fingerprint density at radius 3 is 2.50 bits per heavy atom. The van der Waals surface area contributed by atoms with Gasteiger partial charge in [0, 0.05) is 12.8 Å². The van der Waals surface area contributed by atoms with Crippen LogP contribution in [0.1, 0.15) is 19.4 Å². The average Bonchev–Trinajstić information content (AvgIpc) is 2.29. The molecule has 4 heteroatoms. The molecule has 0 spiro atoms. The van der Waals surface area contributed by atoms with Crippen LogP contribution in [-0.4, -0.2) is 30.9 Å². The smallest absolute Gasteiger partial charge is 0.220 e. The molecular weight excluding hydrogens is 206 g/mol. The molecule has 0 bridgehead atoms. The van der Waals surface area contributed by atoms with Crippen LogP contribution in [0.2, 0.25) is 0 Å². The Balaban J connectivity index is 3.09. The topological polar surface area (TPSA) is 51.6 Å². The van der Waals surface area contributed by atoms with Gasteiger partial charge in [0.1, 0.15) is 5.75 Å². The number of methoxy groups -OCH3 is 2. The van der Waals surface area contributed by atoms with Gasteiger partial charge in [-0.1, -0.05) is 13.8 Å². The fourth-order valence-electron chi connectivity index (χ4n) is 1.52. The zero-order valence-corrected chi connectivity index (χ0v) is 10.3. The Kier molecular flexibility index (Phi) is 4.12. The molecule has 1 heterocycles. The summed E-state index contributed by atoms with van der Waals surface area (Å²) < 4.78 is 10.5. The highest BCUT2D eigenvalue weighted by Gasteiger charge is 2.22. The van der Waals surface area contributed by atoms with Crippen molar-refractivity contribution in [3.63, 3.8) is 0 Å².